The Labute approximate surface area is 156 Å². The molecule has 8 heteroatoms. The fraction of sp³-hybridized carbons (Fsp3) is 0.833. The molecular formula is C18H30N4O3S. The van der Waals surface area contributed by atoms with Crippen molar-refractivity contribution in [3.8, 4) is 0 Å². The minimum Gasteiger partial charge on any atom is -0.381 e. The van der Waals surface area contributed by atoms with E-state index in [9.17, 15) is 8.42 Å². The Morgan fingerprint density at radius 2 is 1.81 bits per heavy atom. The number of hydrogen-bond acceptors (Lipinski definition) is 5. The second kappa shape index (κ2) is 6.89. The van der Waals surface area contributed by atoms with Crippen molar-refractivity contribution in [2.75, 3.05) is 39.4 Å². The molecule has 0 radical (unpaired) electrons. The first kappa shape index (κ1) is 18.4. The van der Waals surface area contributed by atoms with Gasteiger partial charge in [0, 0.05) is 45.9 Å². The van der Waals surface area contributed by atoms with Gasteiger partial charge in [-0.15, -0.1) is 0 Å². The highest BCUT2D eigenvalue weighted by atomic mass is 32.2. The van der Waals surface area contributed by atoms with Gasteiger partial charge in [-0.25, -0.2) is 8.42 Å². The smallest absolute Gasteiger partial charge is 0.260 e. The van der Waals surface area contributed by atoms with Crippen LogP contribution in [0.2, 0.25) is 0 Å². The molecule has 0 saturated carbocycles. The van der Waals surface area contributed by atoms with Crippen LogP contribution in [-0.2, 0) is 21.8 Å². The summed E-state index contributed by atoms with van der Waals surface area (Å²) in [6.45, 7) is 7.10. The maximum Gasteiger partial charge on any atom is 0.260 e. The zero-order chi connectivity index (χ0) is 18.4. The summed E-state index contributed by atoms with van der Waals surface area (Å²) in [4.78, 5) is 2.64. The van der Waals surface area contributed by atoms with Crippen molar-refractivity contribution in [2.24, 2.45) is 12.5 Å². The van der Waals surface area contributed by atoms with Crippen molar-refractivity contribution in [3.05, 3.63) is 11.8 Å². The molecule has 0 bridgehead atoms. The molecule has 3 saturated heterocycles. The van der Waals surface area contributed by atoms with Crippen molar-refractivity contribution in [3.63, 3.8) is 0 Å². The van der Waals surface area contributed by atoms with Crippen LogP contribution >= 0.6 is 0 Å². The van der Waals surface area contributed by atoms with Gasteiger partial charge in [-0.05, 0) is 57.1 Å². The van der Waals surface area contributed by atoms with Crippen LogP contribution in [0.5, 0.6) is 0 Å². The van der Waals surface area contributed by atoms with E-state index in [4.69, 9.17) is 4.74 Å². The third-order valence-electron chi connectivity index (χ3n) is 6.52. The number of aryl methyl sites for hydroxylation is 2. The van der Waals surface area contributed by atoms with Crippen LogP contribution in [0, 0.1) is 12.3 Å². The molecule has 7 nitrogen and oxygen atoms in total. The number of aromatic nitrogens is 2. The van der Waals surface area contributed by atoms with E-state index in [-0.39, 0.29) is 0 Å². The first-order valence-corrected chi connectivity index (χ1v) is 11.2. The minimum absolute atomic E-state index is 0.298. The Hall–Kier alpha value is -0.960. The van der Waals surface area contributed by atoms with Crippen LogP contribution < -0.4 is 0 Å². The second-order valence-corrected chi connectivity index (χ2v) is 10.1. The largest absolute Gasteiger partial charge is 0.381 e. The van der Waals surface area contributed by atoms with Gasteiger partial charge in [-0.3, -0.25) is 9.58 Å². The molecule has 0 amide bonds. The number of sulfonamides is 1. The van der Waals surface area contributed by atoms with Crippen LogP contribution in [0.25, 0.3) is 0 Å². The van der Waals surface area contributed by atoms with Gasteiger partial charge < -0.3 is 4.74 Å². The normalized spacial score (nSPS) is 25.9. The van der Waals surface area contributed by atoms with Crippen LogP contribution in [-0.4, -0.2) is 72.8 Å². The van der Waals surface area contributed by atoms with E-state index in [0.29, 0.717) is 29.6 Å². The van der Waals surface area contributed by atoms with Gasteiger partial charge in [0.05, 0.1) is 5.69 Å². The molecule has 146 valence electrons. The molecule has 0 aromatic carbocycles. The van der Waals surface area contributed by atoms with Crippen molar-refractivity contribution < 1.29 is 13.2 Å². The van der Waals surface area contributed by atoms with Gasteiger partial charge >= 0.3 is 0 Å². The fourth-order valence-corrected chi connectivity index (χ4v) is 6.52. The van der Waals surface area contributed by atoms with Gasteiger partial charge in [-0.2, -0.15) is 9.40 Å². The molecule has 1 aromatic heterocycles. The summed E-state index contributed by atoms with van der Waals surface area (Å²) < 4.78 is 34.6. The maximum atomic E-state index is 13.0. The number of ether oxygens (including phenoxy) is 1. The molecule has 0 aliphatic carbocycles. The van der Waals surface area contributed by atoms with E-state index in [1.54, 1.807) is 17.4 Å². The van der Waals surface area contributed by atoms with Crippen molar-refractivity contribution in [1.82, 2.24) is 19.0 Å². The first-order chi connectivity index (χ1) is 12.4. The van der Waals surface area contributed by atoms with Gasteiger partial charge in [0.25, 0.3) is 10.0 Å². The molecule has 4 rings (SSSR count). The summed E-state index contributed by atoms with van der Waals surface area (Å²) in [6.07, 6.45) is 5.39. The Balaban J connectivity index is 1.40. The number of likely N-dealkylation sites (tertiary alicyclic amines) is 1. The summed E-state index contributed by atoms with van der Waals surface area (Å²) in [5.41, 5.74) is 1.04. The molecule has 26 heavy (non-hydrogen) atoms. The van der Waals surface area contributed by atoms with E-state index < -0.39 is 10.0 Å². The molecule has 0 unspecified atom stereocenters. The van der Waals surface area contributed by atoms with E-state index in [1.165, 1.54) is 11.1 Å². The lowest BCUT2D eigenvalue weighted by atomic mass is 9.78. The van der Waals surface area contributed by atoms with Gasteiger partial charge in [-0.1, -0.05) is 0 Å². The lowest BCUT2D eigenvalue weighted by Gasteiger charge is -2.39. The number of piperidine rings is 1. The predicted octanol–water partition coefficient (Wildman–Crippen LogP) is 1.38. The summed E-state index contributed by atoms with van der Waals surface area (Å²) in [5.74, 6) is 0. The number of hydrogen-bond donors (Lipinski definition) is 0. The zero-order valence-electron chi connectivity index (χ0n) is 15.9. The minimum atomic E-state index is -3.45. The molecule has 1 aromatic rings. The summed E-state index contributed by atoms with van der Waals surface area (Å²) >= 11 is 0. The fourth-order valence-electron chi connectivity index (χ4n) is 4.90. The van der Waals surface area contributed by atoms with E-state index >= 15 is 0 Å². The Bertz CT molecular complexity index is 746. The standard InChI is InChI=1S/C18H30N4O3S/c1-15-13-17(20(2)19-15)26(23,24)22-9-6-18(7-10-22)5-8-21(14-18)16-3-11-25-12-4-16/h13,16H,3-12,14H2,1-2H3. The molecule has 3 fully saturated rings. The topological polar surface area (TPSA) is 67.7 Å². The lowest BCUT2D eigenvalue weighted by molar-refractivity contribution is 0.0353. The average molecular weight is 383 g/mol. The van der Waals surface area contributed by atoms with Gasteiger partial charge in [0.15, 0.2) is 5.03 Å². The van der Waals surface area contributed by atoms with E-state index in [2.05, 4.69) is 10.00 Å². The molecule has 4 heterocycles. The monoisotopic (exact) mass is 382 g/mol. The molecule has 0 atom stereocenters. The summed E-state index contributed by atoms with van der Waals surface area (Å²) in [5, 5.41) is 4.51. The molecular weight excluding hydrogens is 352 g/mol. The first-order valence-electron chi connectivity index (χ1n) is 9.72. The molecule has 0 N–H and O–H groups in total. The second-order valence-electron chi connectivity index (χ2n) is 8.22. The Morgan fingerprint density at radius 1 is 1.15 bits per heavy atom. The highest BCUT2D eigenvalue weighted by Gasteiger charge is 2.44. The summed E-state index contributed by atoms with van der Waals surface area (Å²) in [6, 6.07) is 2.32. The van der Waals surface area contributed by atoms with Gasteiger partial charge in [0.2, 0.25) is 0 Å². The van der Waals surface area contributed by atoms with Gasteiger partial charge in [0.1, 0.15) is 0 Å². The zero-order valence-corrected chi connectivity index (χ0v) is 16.7. The SMILES string of the molecule is Cc1cc(S(=O)(=O)N2CCC3(CCN(C4CCOCC4)C3)CC2)n(C)n1. The maximum absolute atomic E-state index is 13.0. The third-order valence-corrected chi connectivity index (χ3v) is 8.48. The quantitative estimate of drug-likeness (QED) is 0.790. The van der Waals surface area contributed by atoms with Crippen LogP contribution in [0.3, 0.4) is 0 Å². The highest BCUT2D eigenvalue weighted by molar-refractivity contribution is 7.89. The van der Waals surface area contributed by atoms with Crippen LogP contribution in [0.1, 0.15) is 37.8 Å². The number of rotatable bonds is 3. The predicted molar refractivity (Wildman–Crippen MR) is 98.4 cm³/mol. The molecule has 3 aliphatic heterocycles. The Kier molecular flexibility index (Phi) is 4.88. The highest BCUT2D eigenvalue weighted by Crippen LogP contribution is 2.42. The van der Waals surface area contributed by atoms with Crippen LogP contribution in [0.15, 0.2) is 11.1 Å². The lowest BCUT2D eigenvalue weighted by Crippen LogP contribution is -2.45. The Morgan fingerprint density at radius 3 is 2.42 bits per heavy atom. The molecule has 3 aliphatic rings. The van der Waals surface area contributed by atoms with E-state index in [0.717, 1.165) is 57.7 Å². The number of nitrogens with zero attached hydrogens (tertiary/aromatic N) is 4. The summed E-state index contributed by atoms with van der Waals surface area (Å²) in [7, 11) is -1.75. The van der Waals surface area contributed by atoms with Crippen molar-refractivity contribution in [1.29, 1.82) is 0 Å². The average Bonchev–Trinajstić information content (AvgIpc) is 3.20. The van der Waals surface area contributed by atoms with Crippen LogP contribution in [0.4, 0.5) is 0 Å². The van der Waals surface area contributed by atoms with Crippen molar-refractivity contribution >= 4 is 10.0 Å². The third kappa shape index (κ3) is 3.32. The van der Waals surface area contributed by atoms with Crippen molar-refractivity contribution in [2.45, 2.75) is 50.1 Å². The van der Waals surface area contributed by atoms with E-state index in [1.807, 2.05) is 6.92 Å². The molecule has 1 spiro atoms.